The van der Waals surface area contributed by atoms with Crippen molar-refractivity contribution in [1.29, 1.82) is 5.26 Å². The number of hydrogen-bond acceptors (Lipinski definition) is 7. The third-order valence-electron chi connectivity index (χ3n) is 4.34. The molecular formula is C18H16N6O3. The first-order chi connectivity index (χ1) is 13.1. The second-order valence-corrected chi connectivity index (χ2v) is 6.19. The molecular weight excluding hydrogens is 348 g/mol. The summed E-state index contributed by atoms with van der Waals surface area (Å²) in [6, 6.07) is 7.17. The normalized spacial score (nSPS) is 16.3. The maximum atomic E-state index is 12.9. The van der Waals surface area contributed by atoms with E-state index in [1.165, 1.54) is 12.6 Å². The fourth-order valence-corrected chi connectivity index (χ4v) is 2.98. The Morgan fingerprint density at radius 2 is 2.22 bits per heavy atom. The molecule has 1 atom stereocenters. The van der Waals surface area contributed by atoms with Crippen LogP contribution in [0.3, 0.4) is 0 Å². The average molecular weight is 364 g/mol. The first-order valence-electron chi connectivity index (χ1n) is 8.37. The number of pyridine rings is 1. The smallest absolute Gasteiger partial charge is 0.292 e. The van der Waals surface area contributed by atoms with E-state index in [0.29, 0.717) is 36.8 Å². The summed E-state index contributed by atoms with van der Waals surface area (Å²) in [4.78, 5) is 22.7. The van der Waals surface area contributed by atoms with Crippen LogP contribution in [-0.4, -0.2) is 43.2 Å². The van der Waals surface area contributed by atoms with Gasteiger partial charge in [0.05, 0.1) is 36.6 Å². The van der Waals surface area contributed by atoms with Crippen molar-refractivity contribution in [3.05, 3.63) is 59.7 Å². The molecule has 0 aliphatic carbocycles. The van der Waals surface area contributed by atoms with E-state index in [0.717, 1.165) is 5.69 Å². The number of aromatic nitrogens is 4. The topological polar surface area (TPSA) is 110 Å². The number of amides is 1. The number of nitrogens with zero attached hydrogens (tertiary/aromatic N) is 6. The largest absolute Gasteiger partial charge is 0.470 e. The number of carbonyl (C=O) groups is 1. The van der Waals surface area contributed by atoms with Crippen molar-refractivity contribution < 1.29 is 13.9 Å². The number of ether oxygens (including phenoxy) is 1. The van der Waals surface area contributed by atoms with Gasteiger partial charge in [-0.15, -0.1) is 0 Å². The SMILES string of the molecule is Cc1ncoc1C(=O)N1Cc2ccnn2CC(Oc2ccc(C#N)cn2)C1. The summed E-state index contributed by atoms with van der Waals surface area (Å²) in [6.07, 6.45) is 4.05. The third kappa shape index (κ3) is 3.37. The molecule has 9 nitrogen and oxygen atoms in total. The van der Waals surface area contributed by atoms with Crippen LogP contribution in [-0.2, 0) is 13.1 Å². The van der Waals surface area contributed by atoms with Crippen LogP contribution in [0.5, 0.6) is 5.88 Å². The first kappa shape index (κ1) is 16.8. The number of rotatable bonds is 3. The molecule has 4 rings (SSSR count). The summed E-state index contributed by atoms with van der Waals surface area (Å²) in [5.74, 6) is 0.358. The van der Waals surface area contributed by atoms with Gasteiger partial charge < -0.3 is 14.1 Å². The minimum Gasteiger partial charge on any atom is -0.470 e. The zero-order valence-electron chi connectivity index (χ0n) is 14.6. The predicted molar refractivity (Wildman–Crippen MR) is 91.6 cm³/mol. The third-order valence-corrected chi connectivity index (χ3v) is 4.34. The summed E-state index contributed by atoms with van der Waals surface area (Å²) in [5.41, 5.74) is 1.90. The number of carbonyl (C=O) groups excluding carboxylic acids is 1. The Balaban J connectivity index is 1.59. The highest BCUT2D eigenvalue weighted by Crippen LogP contribution is 2.19. The van der Waals surface area contributed by atoms with Crippen molar-refractivity contribution in [3.63, 3.8) is 0 Å². The van der Waals surface area contributed by atoms with Gasteiger partial charge in [0.15, 0.2) is 6.39 Å². The lowest BCUT2D eigenvalue weighted by Crippen LogP contribution is -2.39. The van der Waals surface area contributed by atoms with E-state index in [2.05, 4.69) is 15.1 Å². The minimum absolute atomic E-state index is 0.221. The fraction of sp³-hybridized carbons (Fsp3) is 0.278. The Morgan fingerprint density at radius 3 is 2.93 bits per heavy atom. The van der Waals surface area contributed by atoms with Crippen LogP contribution in [0.2, 0.25) is 0 Å². The number of hydrogen-bond donors (Lipinski definition) is 0. The molecule has 0 spiro atoms. The Kier molecular flexibility index (Phi) is 4.30. The second kappa shape index (κ2) is 6.92. The molecule has 0 fully saturated rings. The molecule has 3 aromatic rings. The maximum absolute atomic E-state index is 12.9. The molecule has 1 unspecified atom stereocenters. The van der Waals surface area contributed by atoms with Gasteiger partial charge in [-0.3, -0.25) is 9.48 Å². The van der Waals surface area contributed by atoms with E-state index >= 15 is 0 Å². The molecule has 0 bridgehead atoms. The van der Waals surface area contributed by atoms with Gasteiger partial charge in [-0.2, -0.15) is 10.4 Å². The summed E-state index contributed by atoms with van der Waals surface area (Å²) >= 11 is 0. The number of fused-ring (bicyclic) bond motifs is 1. The summed E-state index contributed by atoms with van der Waals surface area (Å²) in [5, 5.41) is 13.2. The van der Waals surface area contributed by atoms with Gasteiger partial charge in [0.2, 0.25) is 11.6 Å². The number of oxazole rings is 1. The van der Waals surface area contributed by atoms with E-state index in [1.807, 2.05) is 16.8 Å². The molecule has 1 amide bonds. The highest BCUT2D eigenvalue weighted by molar-refractivity contribution is 5.92. The lowest BCUT2D eigenvalue weighted by molar-refractivity contribution is 0.0613. The van der Waals surface area contributed by atoms with Crippen molar-refractivity contribution in [2.45, 2.75) is 26.1 Å². The predicted octanol–water partition coefficient (Wildman–Crippen LogP) is 1.55. The van der Waals surface area contributed by atoms with E-state index < -0.39 is 0 Å². The quantitative estimate of drug-likeness (QED) is 0.693. The van der Waals surface area contributed by atoms with Crippen LogP contribution >= 0.6 is 0 Å². The van der Waals surface area contributed by atoms with Gasteiger partial charge >= 0.3 is 0 Å². The maximum Gasteiger partial charge on any atom is 0.292 e. The zero-order chi connectivity index (χ0) is 18.8. The van der Waals surface area contributed by atoms with Crippen LogP contribution < -0.4 is 4.74 Å². The molecule has 4 heterocycles. The van der Waals surface area contributed by atoms with E-state index in [4.69, 9.17) is 14.4 Å². The molecule has 1 aliphatic rings. The number of nitriles is 1. The van der Waals surface area contributed by atoms with Gasteiger partial charge in [0.25, 0.3) is 5.91 Å². The van der Waals surface area contributed by atoms with Crippen LogP contribution in [0, 0.1) is 18.3 Å². The zero-order valence-corrected chi connectivity index (χ0v) is 14.6. The van der Waals surface area contributed by atoms with Crippen LogP contribution in [0.1, 0.15) is 27.5 Å². The molecule has 27 heavy (non-hydrogen) atoms. The van der Waals surface area contributed by atoms with Crippen molar-refractivity contribution in [2.75, 3.05) is 6.54 Å². The molecule has 0 N–H and O–H groups in total. The van der Waals surface area contributed by atoms with Gasteiger partial charge in [-0.25, -0.2) is 9.97 Å². The molecule has 0 saturated heterocycles. The van der Waals surface area contributed by atoms with Crippen molar-refractivity contribution in [3.8, 4) is 11.9 Å². The van der Waals surface area contributed by atoms with E-state index in [9.17, 15) is 4.79 Å². The van der Waals surface area contributed by atoms with Gasteiger partial charge in [-0.1, -0.05) is 0 Å². The van der Waals surface area contributed by atoms with Crippen molar-refractivity contribution in [1.82, 2.24) is 24.6 Å². The second-order valence-electron chi connectivity index (χ2n) is 6.19. The summed E-state index contributed by atoms with van der Waals surface area (Å²) < 4.78 is 13.0. The number of aryl methyl sites for hydroxylation is 1. The van der Waals surface area contributed by atoms with Crippen LogP contribution in [0.25, 0.3) is 0 Å². The fourth-order valence-electron chi connectivity index (χ4n) is 2.98. The standard InChI is InChI=1S/C18H16N6O3/c1-12-17(26-11-21-12)18(25)23-8-14-4-5-22-24(14)10-15(9-23)27-16-3-2-13(6-19)7-20-16/h2-5,7,11,15H,8-10H2,1H3. The lowest BCUT2D eigenvalue weighted by Gasteiger charge is -2.23. The monoisotopic (exact) mass is 364 g/mol. The Labute approximate surface area is 154 Å². The van der Waals surface area contributed by atoms with Crippen LogP contribution in [0.15, 0.2) is 41.4 Å². The first-order valence-corrected chi connectivity index (χ1v) is 8.37. The molecule has 3 aromatic heterocycles. The van der Waals surface area contributed by atoms with E-state index in [-0.39, 0.29) is 17.8 Å². The Bertz CT molecular complexity index is 1000. The molecule has 0 aromatic carbocycles. The lowest BCUT2D eigenvalue weighted by atomic mass is 10.2. The molecule has 0 saturated carbocycles. The summed E-state index contributed by atoms with van der Waals surface area (Å²) in [6.45, 7) is 2.93. The average Bonchev–Trinajstić information content (AvgIpc) is 3.26. The van der Waals surface area contributed by atoms with Crippen molar-refractivity contribution >= 4 is 5.91 Å². The van der Waals surface area contributed by atoms with Crippen LogP contribution in [0.4, 0.5) is 0 Å². The van der Waals surface area contributed by atoms with Gasteiger partial charge in [0.1, 0.15) is 12.2 Å². The van der Waals surface area contributed by atoms with E-state index in [1.54, 1.807) is 30.2 Å². The minimum atomic E-state index is -0.362. The molecule has 9 heteroatoms. The van der Waals surface area contributed by atoms with Gasteiger partial charge in [-0.05, 0) is 19.1 Å². The Hall–Kier alpha value is -3.67. The highest BCUT2D eigenvalue weighted by atomic mass is 16.5. The van der Waals surface area contributed by atoms with Gasteiger partial charge in [0, 0.05) is 18.5 Å². The summed E-state index contributed by atoms with van der Waals surface area (Å²) in [7, 11) is 0. The molecule has 136 valence electrons. The Morgan fingerprint density at radius 1 is 1.33 bits per heavy atom. The molecule has 1 aliphatic heterocycles. The van der Waals surface area contributed by atoms with Crippen molar-refractivity contribution in [2.24, 2.45) is 0 Å². The highest BCUT2D eigenvalue weighted by Gasteiger charge is 2.30. The molecule has 0 radical (unpaired) electrons.